The summed E-state index contributed by atoms with van der Waals surface area (Å²) < 4.78 is 6.73. The number of aromatic hydroxyl groups is 1. The van der Waals surface area contributed by atoms with Crippen LogP contribution in [0.5, 0.6) is 5.75 Å². The highest BCUT2D eigenvalue weighted by Gasteiger charge is 2.13. The number of morpholine rings is 1. The molecule has 2 N–H and O–H groups in total. The van der Waals surface area contributed by atoms with Gasteiger partial charge in [0.2, 0.25) is 0 Å². The molecule has 1 aliphatic rings. The fourth-order valence-electron chi connectivity index (χ4n) is 1.84. The van der Waals surface area contributed by atoms with Gasteiger partial charge in [-0.05, 0) is 62.9 Å². The number of carbonyl (C=O) groups excluding carboxylic acids is 1. The first-order valence-corrected chi connectivity index (χ1v) is 8.52. The smallest absolute Gasteiger partial charge is 0.254 e. The highest BCUT2D eigenvalue weighted by atomic mass is 127. The van der Waals surface area contributed by atoms with Gasteiger partial charge in [0.25, 0.3) is 5.91 Å². The molecule has 8 heteroatoms. The second kappa shape index (κ2) is 8.25. The molecular formula is C13H15I2N3O3. The summed E-state index contributed by atoms with van der Waals surface area (Å²) in [6.45, 7) is 3.20. The number of rotatable bonds is 4. The molecule has 0 unspecified atom stereocenters. The molecule has 21 heavy (non-hydrogen) atoms. The van der Waals surface area contributed by atoms with E-state index in [1.807, 2.05) is 4.90 Å². The SMILES string of the molecule is O=C(CN1CCOCC1)N/N=C\c1cc(I)c(O)c(I)c1. The van der Waals surface area contributed by atoms with Gasteiger partial charge in [0.05, 0.1) is 33.1 Å². The molecule has 114 valence electrons. The van der Waals surface area contributed by atoms with E-state index >= 15 is 0 Å². The summed E-state index contributed by atoms with van der Waals surface area (Å²) in [7, 11) is 0. The Morgan fingerprint density at radius 3 is 2.62 bits per heavy atom. The third-order valence-electron chi connectivity index (χ3n) is 2.91. The molecule has 0 atom stereocenters. The van der Waals surface area contributed by atoms with E-state index in [0.717, 1.165) is 25.8 Å². The zero-order valence-electron chi connectivity index (χ0n) is 11.2. The van der Waals surface area contributed by atoms with Crippen molar-refractivity contribution in [1.82, 2.24) is 10.3 Å². The highest BCUT2D eigenvalue weighted by Crippen LogP contribution is 2.26. The minimum absolute atomic E-state index is 0.142. The largest absolute Gasteiger partial charge is 0.506 e. The first kappa shape index (κ1) is 16.9. The Hall–Kier alpha value is -0.460. The molecule has 1 heterocycles. The maximum absolute atomic E-state index is 11.7. The molecule has 0 saturated carbocycles. The minimum Gasteiger partial charge on any atom is -0.506 e. The lowest BCUT2D eigenvalue weighted by Gasteiger charge is -2.25. The summed E-state index contributed by atoms with van der Waals surface area (Å²) in [5.41, 5.74) is 3.34. The Morgan fingerprint density at radius 2 is 2.00 bits per heavy atom. The fraction of sp³-hybridized carbons (Fsp3) is 0.385. The van der Waals surface area contributed by atoms with E-state index in [4.69, 9.17) is 4.74 Å². The van der Waals surface area contributed by atoms with Gasteiger partial charge in [0.1, 0.15) is 5.75 Å². The first-order valence-electron chi connectivity index (χ1n) is 6.36. The number of phenolic OH excluding ortho intramolecular Hbond substituents is 1. The number of ether oxygens (including phenoxy) is 1. The van der Waals surface area contributed by atoms with Gasteiger partial charge in [-0.1, -0.05) is 0 Å². The predicted molar refractivity (Wildman–Crippen MR) is 96.5 cm³/mol. The minimum atomic E-state index is -0.142. The van der Waals surface area contributed by atoms with Crippen LogP contribution in [0.4, 0.5) is 0 Å². The number of carbonyl (C=O) groups is 1. The number of nitrogens with one attached hydrogen (secondary N) is 1. The van der Waals surface area contributed by atoms with Crippen molar-refractivity contribution in [2.24, 2.45) is 5.10 Å². The maximum atomic E-state index is 11.7. The van der Waals surface area contributed by atoms with Crippen molar-refractivity contribution in [1.29, 1.82) is 0 Å². The lowest BCUT2D eigenvalue weighted by Crippen LogP contribution is -2.42. The standard InChI is InChI=1S/C13H15I2N3O3/c14-10-5-9(6-11(15)13(10)20)7-16-17-12(19)8-18-1-3-21-4-2-18/h5-7,20H,1-4,8H2,(H,17,19)/b16-7-. The third kappa shape index (κ3) is 5.34. The lowest BCUT2D eigenvalue weighted by molar-refractivity contribution is -0.123. The fourth-order valence-corrected chi connectivity index (χ4v) is 3.65. The molecule has 1 saturated heterocycles. The van der Waals surface area contributed by atoms with Gasteiger partial charge in [-0.25, -0.2) is 5.43 Å². The average molecular weight is 515 g/mol. The van der Waals surface area contributed by atoms with Crippen molar-refractivity contribution in [3.63, 3.8) is 0 Å². The third-order valence-corrected chi connectivity index (χ3v) is 4.56. The average Bonchev–Trinajstić information content (AvgIpc) is 2.45. The molecule has 1 amide bonds. The quantitative estimate of drug-likeness (QED) is 0.362. The van der Waals surface area contributed by atoms with Crippen LogP contribution in [0.15, 0.2) is 17.2 Å². The Bertz CT molecular complexity index is 522. The Labute approximate surface area is 150 Å². The first-order chi connectivity index (χ1) is 10.1. The number of amides is 1. The van der Waals surface area contributed by atoms with Crippen LogP contribution in [-0.4, -0.2) is 55.0 Å². The molecule has 0 spiro atoms. The van der Waals surface area contributed by atoms with Gasteiger partial charge in [0.15, 0.2) is 0 Å². The molecule has 0 aliphatic carbocycles. The topological polar surface area (TPSA) is 74.2 Å². The maximum Gasteiger partial charge on any atom is 0.254 e. The van der Waals surface area contributed by atoms with E-state index in [0.29, 0.717) is 19.8 Å². The van der Waals surface area contributed by atoms with Crippen molar-refractivity contribution in [3.8, 4) is 5.75 Å². The van der Waals surface area contributed by atoms with Crippen LogP contribution in [0.25, 0.3) is 0 Å². The van der Waals surface area contributed by atoms with Crippen LogP contribution < -0.4 is 5.43 Å². The summed E-state index contributed by atoms with van der Waals surface area (Å²) in [6.07, 6.45) is 1.57. The van der Waals surface area contributed by atoms with E-state index in [1.165, 1.54) is 0 Å². The van der Waals surface area contributed by atoms with Gasteiger partial charge in [-0.15, -0.1) is 0 Å². The van der Waals surface area contributed by atoms with Crippen LogP contribution in [-0.2, 0) is 9.53 Å². The molecule has 1 aromatic rings. The van der Waals surface area contributed by atoms with Gasteiger partial charge in [-0.2, -0.15) is 5.10 Å². The number of hydrazone groups is 1. The van der Waals surface area contributed by atoms with E-state index in [1.54, 1.807) is 18.3 Å². The highest BCUT2D eigenvalue weighted by molar-refractivity contribution is 14.1. The molecular weight excluding hydrogens is 500 g/mol. The molecule has 0 radical (unpaired) electrons. The Kier molecular flexibility index (Phi) is 6.64. The summed E-state index contributed by atoms with van der Waals surface area (Å²) >= 11 is 4.11. The van der Waals surface area contributed by atoms with Crippen molar-refractivity contribution in [2.45, 2.75) is 0 Å². The molecule has 2 rings (SSSR count). The van der Waals surface area contributed by atoms with Crippen molar-refractivity contribution >= 4 is 57.3 Å². The van der Waals surface area contributed by atoms with Crippen LogP contribution in [0.1, 0.15) is 5.56 Å². The van der Waals surface area contributed by atoms with Crippen LogP contribution >= 0.6 is 45.2 Å². The van der Waals surface area contributed by atoms with Crippen molar-refractivity contribution < 1.29 is 14.6 Å². The van der Waals surface area contributed by atoms with Gasteiger partial charge < -0.3 is 9.84 Å². The summed E-state index contributed by atoms with van der Waals surface area (Å²) in [5, 5.41) is 13.6. The van der Waals surface area contributed by atoms with Crippen molar-refractivity contribution in [3.05, 3.63) is 24.8 Å². The summed E-state index contributed by atoms with van der Waals surface area (Å²) in [4.78, 5) is 13.8. The number of hydrogen-bond donors (Lipinski definition) is 2. The van der Waals surface area contributed by atoms with Crippen molar-refractivity contribution in [2.75, 3.05) is 32.8 Å². The molecule has 1 aliphatic heterocycles. The van der Waals surface area contributed by atoms with Gasteiger partial charge in [0, 0.05) is 13.1 Å². The molecule has 0 bridgehead atoms. The van der Waals surface area contributed by atoms with Gasteiger partial charge >= 0.3 is 0 Å². The van der Waals surface area contributed by atoms with E-state index < -0.39 is 0 Å². The lowest BCUT2D eigenvalue weighted by atomic mass is 10.2. The van der Waals surface area contributed by atoms with E-state index in [2.05, 4.69) is 55.7 Å². The van der Waals surface area contributed by atoms with Crippen LogP contribution in [0.3, 0.4) is 0 Å². The second-order valence-corrected chi connectivity index (χ2v) is 6.84. The molecule has 1 aromatic carbocycles. The summed E-state index contributed by atoms with van der Waals surface area (Å²) in [5.74, 6) is 0.126. The van der Waals surface area contributed by atoms with E-state index in [-0.39, 0.29) is 11.7 Å². The Morgan fingerprint density at radius 1 is 1.38 bits per heavy atom. The molecule has 1 fully saturated rings. The van der Waals surface area contributed by atoms with Crippen LogP contribution in [0.2, 0.25) is 0 Å². The zero-order valence-corrected chi connectivity index (χ0v) is 15.5. The van der Waals surface area contributed by atoms with Gasteiger partial charge in [-0.3, -0.25) is 9.69 Å². The van der Waals surface area contributed by atoms with Crippen LogP contribution in [0, 0.1) is 7.14 Å². The number of nitrogens with zero attached hydrogens (tertiary/aromatic N) is 2. The molecule has 0 aromatic heterocycles. The number of phenols is 1. The second-order valence-electron chi connectivity index (χ2n) is 4.51. The molecule has 6 nitrogen and oxygen atoms in total. The monoisotopic (exact) mass is 515 g/mol. The zero-order chi connectivity index (χ0) is 15.2. The number of hydrogen-bond acceptors (Lipinski definition) is 5. The Balaban J connectivity index is 1.85. The predicted octanol–water partition coefficient (Wildman–Crippen LogP) is 1.38. The number of benzene rings is 1. The normalized spacial score (nSPS) is 16.3. The number of halogens is 2. The summed E-state index contributed by atoms with van der Waals surface area (Å²) in [6, 6.07) is 3.60. The van der Waals surface area contributed by atoms with E-state index in [9.17, 15) is 9.90 Å².